The average Bonchev–Trinajstić information content (AvgIpc) is 2.28. The summed E-state index contributed by atoms with van der Waals surface area (Å²) in [5, 5.41) is 3.67. The van der Waals surface area contributed by atoms with E-state index in [1.807, 2.05) is 0 Å². The molecule has 0 aliphatic heterocycles. The Morgan fingerprint density at radius 2 is 1.94 bits per heavy atom. The van der Waals surface area contributed by atoms with Crippen LogP contribution in [-0.4, -0.2) is 12.1 Å². The van der Waals surface area contributed by atoms with Crippen LogP contribution in [0.25, 0.3) is 0 Å². The van der Waals surface area contributed by atoms with E-state index in [1.165, 1.54) is 29.3 Å². The van der Waals surface area contributed by atoms with Crippen LogP contribution in [0.4, 0.5) is 0 Å². The fraction of sp³-hybridized carbons (Fsp3) is 0.600. The molecule has 1 unspecified atom stereocenters. The minimum Gasteiger partial charge on any atom is -0.311 e. The molecule has 1 rings (SSSR count). The Balaban J connectivity index is 2.61. The number of hydrogen-bond donors (Lipinski definition) is 1. The predicted molar refractivity (Wildman–Crippen MR) is 79.4 cm³/mol. The summed E-state index contributed by atoms with van der Waals surface area (Å²) >= 11 is 3.63. The van der Waals surface area contributed by atoms with Crippen LogP contribution in [0.2, 0.25) is 0 Å². The van der Waals surface area contributed by atoms with Gasteiger partial charge >= 0.3 is 0 Å². The first-order chi connectivity index (χ1) is 8.13. The smallest absolute Gasteiger partial charge is 0.0207 e. The van der Waals surface area contributed by atoms with Crippen molar-refractivity contribution in [2.75, 3.05) is 0 Å². The Hall–Kier alpha value is -0.340. The summed E-state index contributed by atoms with van der Waals surface area (Å²) in [6.07, 6.45) is 4.94. The lowest BCUT2D eigenvalue weighted by atomic mass is 10.0. The summed E-state index contributed by atoms with van der Waals surface area (Å²) in [6, 6.07) is 9.68. The van der Waals surface area contributed by atoms with Crippen molar-refractivity contribution in [3.8, 4) is 0 Å². The molecule has 0 amide bonds. The maximum Gasteiger partial charge on any atom is 0.0207 e. The molecule has 0 spiro atoms. The van der Waals surface area contributed by atoms with Gasteiger partial charge in [0.2, 0.25) is 0 Å². The molecule has 17 heavy (non-hydrogen) atoms. The molecule has 0 bridgehead atoms. The Kier molecular flexibility index (Phi) is 6.83. The molecule has 0 saturated heterocycles. The molecule has 2 heteroatoms. The Morgan fingerprint density at radius 1 is 1.24 bits per heavy atom. The van der Waals surface area contributed by atoms with Gasteiger partial charge in [-0.05, 0) is 24.5 Å². The van der Waals surface area contributed by atoms with Crippen LogP contribution in [0.1, 0.15) is 45.6 Å². The first kappa shape index (κ1) is 14.7. The molecule has 96 valence electrons. The number of nitrogens with one attached hydrogen (secondary N) is 1. The lowest BCUT2D eigenvalue weighted by Crippen LogP contribution is -2.36. The van der Waals surface area contributed by atoms with E-state index in [1.54, 1.807) is 0 Å². The van der Waals surface area contributed by atoms with Gasteiger partial charge in [0.15, 0.2) is 0 Å². The van der Waals surface area contributed by atoms with Crippen LogP contribution in [0.5, 0.6) is 0 Å². The predicted octanol–water partition coefficient (Wildman–Crippen LogP) is 4.55. The highest BCUT2D eigenvalue weighted by Crippen LogP contribution is 2.19. The van der Waals surface area contributed by atoms with E-state index < -0.39 is 0 Å². The third-order valence-electron chi connectivity index (χ3n) is 2.90. The van der Waals surface area contributed by atoms with Crippen LogP contribution >= 0.6 is 15.9 Å². The monoisotopic (exact) mass is 297 g/mol. The van der Waals surface area contributed by atoms with Crippen molar-refractivity contribution in [1.82, 2.24) is 5.32 Å². The zero-order valence-corrected chi connectivity index (χ0v) is 12.8. The minimum absolute atomic E-state index is 0.555. The molecule has 0 aliphatic carbocycles. The Morgan fingerprint density at radius 3 is 2.53 bits per heavy atom. The second kappa shape index (κ2) is 7.88. The lowest BCUT2D eigenvalue weighted by molar-refractivity contribution is 0.424. The zero-order chi connectivity index (χ0) is 12.7. The number of hydrogen-bond acceptors (Lipinski definition) is 1. The highest BCUT2D eigenvalue weighted by molar-refractivity contribution is 9.10. The van der Waals surface area contributed by atoms with Gasteiger partial charge in [-0.25, -0.2) is 0 Å². The quantitative estimate of drug-likeness (QED) is 0.779. The van der Waals surface area contributed by atoms with E-state index in [9.17, 15) is 0 Å². The van der Waals surface area contributed by atoms with Crippen molar-refractivity contribution in [2.45, 2.75) is 58.5 Å². The van der Waals surface area contributed by atoms with Gasteiger partial charge in [0.05, 0.1) is 0 Å². The van der Waals surface area contributed by atoms with Gasteiger partial charge in [0.1, 0.15) is 0 Å². The summed E-state index contributed by atoms with van der Waals surface area (Å²) in [4.78, 5) is 0. The van der Waals surface area contributed by atoms with E-state index in [0.29, 0.717) is 12.1 Å². The van der Waals surface area contributed by atoms with Gasteiger partial charge in [0.25, 0.3) is 0 Å². The average molecular weight is 298 g/mol. The topological polar surface area (TPSA) is 12.0 Å². The molecular formula is C15H24BrN. The Bertz CT molecular complexity index is 322. The SMILES string of the molecule is CCCCC(Cc1ccccc1Br)NC(C)C. The van der Waals surface area contributed by atoms with Gasteiger partial charge in [-0.1, -0.05) is 67.7 Å². The van der Waals surface area contributed by atoms with Gasteiger partial charge in [-0.3, -0.25) is 0 Å². The number of halogens is 1. The van der Waals surface area contributed by atoms with Crippen molar-refractivity contribution in [2.24, 2.45) is 0 Å². The summed E-state index contributed by atoms with van der Waals surface area (Å²) in [5.41, 5.74) is 1.40. The van der Waals surface area contributed by atoms with Gasteiger partial charge < -0.3 is 5.32 Å². The molecule has 1 aromatic rings. The van der Waals surface area contributed by atoms with Crippen molar-refractivity contribution in [1.29, 1.82) is 0 Å². The number of unbranched alkanes of at least 4 members (excludes halogenated alkanes) is 1. The molecule has 0 aliphatic rings. The van der Waals surface area contributed by atoms with Gasteiger partial charge in [0, 0.05) is 16.6 Å². The van der Waals surface area contributed by atoms with E-state index in [4.69, 9.17) is 0 Å². The van der Waals surface area contributed by atoms with Crippen LogP contribution in [0.3, 0.4) is 0 Å². The number of rotatable bonds is 7. The molecule has 1 atom stereocenters. The van der Waals surface area contributed by atoms with Crippen LogP contribution < -0.4 is 5.32 Å². The lowest BCUT2D eigenvalue weighted by Gasteiger charge is -2.21. The summed E-state index contributed by atoms with van der Waals surface area (Å²) < 4.78 is 1.23. The molecule has 1 aromatic carbocycles. The molecule has 0 heterocycles. The van der Waals surface area contributed by atoms with Crippen molar-refractivity contribution in [3.05, 3.63) is 34.3 Å². The molecule has 1 N–H and O–H groups in total. The van der Waals surface area contributed by atoms with Crippen molar-refractivity contribution in [3.63, 3.8) is 0 Å². The first-order valence-corrected chi connectivity index (χ1v) is 7.42. The second-order valence-electron chi connectivity index (χ2n) is 4.96. The number of benzene rings is 1. The van der Waals surface area contributed by atoms with Crippen LogP contribution in [-0.2, 0) is 6.42 Å². The Labute approximate surface area is 114 Å². The molecule has 0 fully saturated rings. The highest BCUT2D eigenvalue weighted by atomic mass is 79.9. The summed E-state index contributed by atoms with van der Waals surface area (Å²) in [6.45, 7) is 6.70. The third-order valence-corrected chi connectivity index (χ3v) is 3.67. The molecule has 0 aromatic heterocycles. The summed E-state index contributed by atoms with van der Waals surface area (Å²) in [5.74, 6) is 0. The molecule has 0 radical (unpaired) electrons. The fourth-order valence-electron chi connectivity index (χ4n) is 2.10. The van der Waals surface area contributed by atoms with E-state index in [2.05, 4.69) is 66.3 Å². The zero-order valence-electron chi connectivity index (χ0n) is 11.2. The fourth-order valence-corrected chi connectivity index (χ4v) is 2.54. The first-order valence-electron chi connectivity index (χ1n) is 6.63. The largest absolute Gasteiger partial charge is 0.311 e. The highest BCUT2D eigenvalue weighted by Gasteiger charge is 2.11. The summed E-state index contributed by atoms with van der Waals surface area (Å²) in [7, 11) is 0. The molecular weight excluding hydrogens is 274 g/mol. The molecule has 0 saturated carbocycles. The second-order valence-corrected chi connectivity index (χ2v) is 5.81. The van der Waals surface area contributed by atoms with Gasteiger partial charge in [-0.15, -0.1) is 0 Å². The maximum atomic E-state index is 3.67. The van der Waals surface area contributed by atoms with Crippen LogP contribution in [0.15, 0.2) is 28.7 Å². The third kappa shape index (κ3) is 5.69. The minimum atomic E-state index is 0.555. The van der Waals surface area contributed by atoms with E-state index >= 15 is 0 Å². The van der Waals surface area contributed by atoms with Gasteiger partial charge in [-0.2, -0.15) is 0 Å². The van der Waals surface area contributed by atoms with E-state index in [0.717, 1.165) is 6.42 Å². The van der Waals surface area contributed by atoms with Crippen molar-refractivity contribution >= 4 is 15.9 Å². The standard InChI is InChI=1S/C15H24BrN/c1-4-5-9-14(17-12(2)3)11-13-8-6-7-10-15(13)16/h6-8,10,12,14,17H,4-5,9,11H2,1-3H3. The maximum absolute atomic E-state index is 3.67. The normalized spacial score (nSPS) is 13.0. The van der Waals surface area contributed by atoms with Crippen LogP contribution in [0, 0.1) is 0 Å². The molecule has 1 nitrogen and oxygen atoms in total. The van der Waals surface area contributed by atoms with Crippen molar-refractivity contribution < 1.29 is 0 Å². The van der Waals surface area contributed by atoms with E-state index in [-0.39, 0.29) is 0 Å².